The third-order valence-corrected chi connectivity index (χ3v) is 6.54. The third-order valence-electron chi connectivity index (χ3n) is 6.54. The molecule has 176 valence electrons. The molecule has 2 saturated heterocycles. The number of H-pyrrole nitrogens is 1. The van der Waals surface area contributed by atoms with Crippen molar-refractivity contribution in [3.8, 4) is 11.5 Å². The van der Waals surface area contributed by atoms with E-state index in [-0.39, 0.29) is 29.5 Å². The Bertz CT molecular complexity index is 1270. The zero-order valence-corrected chi connectivity index (χ0v) is 19.0. The van der Waals surface area contributed by atoms with Gasteiger partial charge in [0.25, 0.3) is 11.7 Å². The van der Waals surface area contributed by atoms with E-state index >= 15 is 0 Å². The number of ketones is 1. The molecule has 34 heavy (non-hydrogen) atoms. The summed E-state index contributed by atoms with van der Waals surface area (Å²) in [5.74, 6) is -1.09. The van der Waals surface area contributed by atoms with Gasteiger partial charge in [0, 0.05) is 35.8 Å². The van der Waals surface area contributed by atoms with Crippen LogP contribution in [0, 0.1) is 0 Å². The Morgan fingerprint density at radius 3 is 2.53 bits per heavy atom. The molecule has 2 fully saturated rings. The van der Waals surface area contributed by atoms with Crippen molar-refractivity contribution in [1.29, 1.82) is 0 Å². The largest absolute Gasteiger partial charge is 0.506 e. The second kappa shape index (κ2) is 8.87. The van der Waals surface area contributed by atoms with Gasteiger partial charge >= 0.3 is 0 Å². The molecule has 2 N–H and O–H groups in total. The number of carbonyl (C=O) groups excluding carboxylic acids is 2. The SMILES string of the molecule is COc1cccc(OC)c1/C(O)=C1\C(=O)C(=O)N(CC2CCCO2)C1c1c[nH]c2ccccc12. The van der Waals surface area contributed by atoms with E-state index in [1.165, 1.54) is 19.1 Å². The van der Waals surface area contributed by atoms with E-state index in [0.717, 1.165) is 29.3 Å². The molecule has 5 rings (SSSR count). The molecule has 2 atom stereocenters. The fourth-order valence-electron chi connectivity index (χ4n) is 4.94. The van der Waals surface area contributed by atoms with E-state index in [9.17, 15) is 14.7 Å². The molecule has 1 amide bonds. The zero-order chi connectivity index (χ0) is 23.8. The molecule has 0 spiro atoms. The first kappa shape index (κ1) is 22.0. The van der Waals surface area contributed by atoms with Crippen molar-refractivity contribution in [2.75, 3.05) is 27.4 Å². The standard InChI is InChI=1S/C26H26N2O6/c1-32-19-10-5-11-20(33-2)21(19)24(29)22-23(17-13-27-18-9-4-3-8-16(17)18)28(26(31)25(22)30)14-15-7-6-12-34-15/h3-5,8-11,13,15,23,27,29H,6-7,12,14H2,1-2H3/b24-22+. The minimum atomic E-state index is -0.796. The number of ether oxygens (including phenoxy) is 3. The van der Waals surface area contributed by atoms with Crippen molar-refractivity contribution < 1.29 is 28.9 Å². The Morgan fingerprint density at radius 2 is 1.85 bits per heavy atom. The number of carbonyl (C=O) groups is 2. The van der Waals surface area contributed by atoms with Gasteiger partial charge < -0.3 is 29.2 Å². The first-order valence-electron chi connectivity index (χ1n) is 11.2. The molecule has 2 aliphatic rings. The summed E-state index contributed by atoms with van der Waals surface area (Å²) in [5, 5.41) is 12.4. The van der Waals surface area contributed by atoms with Crippen LogP contribution in [0.3, 0.4) is 0 Å². The van der Waals surface area contributed by atoms with Gasteiger partial charge in [0.15, 0.2) is 0 Å². The predicted octanol–water partition coefficient (Wildman–Crippen LogP) is 3.79. The summed E-state index contributed by atoms with van der Waals surface area (Å²) >= 11 is 0. The van der Waals surface area contributed by atoms with Crippen LogP contribution in [0.25, 0.3) is 16.7 Å². The van der Waals surface area contributed by atoms with Crippen LogP contribution in [-0.4, -0.2) is 60.2 Å². The summed E-state index contributed by atoms with van der Waals surface area (Å²) in [6.07, 6.45) is 3.34. The lowest BCUT2D eigenvalue weighted by molar-refractivity contribution is -0.140. The van der Waals surface area contributed by atoms with E-state index in [1.807, 2.05) is 24.3 Å². The van der Waals surface area contributed by atoms with Gasteiger partial charge in [0.1, 0.15) is 22.8 Å². The van der Waals surface area contributed by atoms with E-state index in [4.69, 9.17) is 14.2 Å². The average molecular weight is 463 g/mol. The second-order valence-corrected chi connectivity index (χ2v) is 8.41. The highest BCUT2D eigenvalue weighted by Crippen LogP contribution is 2.45. The third kappa shape index (κ3) is 3.51. The molecule has 3 aromatic rings. The highest BCUT2D eigenvalue weighted by atomic mass is 16.5. The van der Waals surface area contributed by atoms with Crippen LogP contribution < -0.4 is 9.47 Å². The maximum Gasteiger partial charge on any atom is 0.295 e. The number of amides is 1. The second-order valence-electron chi connectivity index (χ2n) is 8.41. The fourth-order valence-corrected chi connectivity index (χ4v) is 4.94. The minimum absolute atomic E-state index is 0.00412. The number of nitrogens with zero attached hydrogens (tertiary/aromatic N) is 1. The maximum atomic E-state index is 13.4. The van der Waals surface area contributed by atoms with Crippen LogP contribution in [0.5, 0.6) is 11.5 Å². The van der Waals surface area contributed by atoms with Gasteiger partial charge in [-0.3, -0.25) is 9.59 Å². The van der Waals surface area contributed by atoms with Crippen molar-refractivity contribution in [1.82, 2.24) is 9.88 Å². The molecule has 8 heteroatoms. The highest BCUT2D eigenvalue weighted by molar-refractivity contribution is 6.46. The number of hydrogen-bond donors (Lipinski definition) is 2. The molecule has 8 nitrogen and oxygen atoms in total. The first-order valence-corrected chi connectivity index (χ1v) is 11.2. The summed E-state index contributed by atoms with van der Waals surface area (Å²) in [7, 11) is 2.94. The van der Waals surface area contributed by atoms with E-state index in [2.05, 4.69) is 4.98 Å². The Hall–Kier alpha value is -3.78. The Balaban J connectivity index is 1.73. The smallest absolute Gasteiger partial charge is 0.295 e. The molecule has 0 aliphatic carbocycles. The van der Waals surface area contributed by atoms with Gasteiger partial charge in [-0.2, -0.15) is 0 Å². The summed E-state index contributed by atoms with van der Waals surface area (Å²) in [4.78, 5) is 31.4. The molecular weight excluding hydrogens is 436 g/mol. The minimum Gasteiger partial charge on any atom is -0.506 e. The number of fused-ring (bicyclic) bond motifs is 1. The van der Waals surface area contributed by atoms with Gasteiger partial charge in [-0.05, 0) is 31.0 Å². The van der Waals surface area contributed by atoms with Crippen molar-refractivity contribution in [2.45, 2.75) is 25.0 Å². The fraction of sp³-hybridized carbons (Fsp3) is 0.308. The lowest BCUT2D eigenvalue weighted by Crippen LogP contribution is -2.36. The van der Waals surface area contributed by atoms with Gasteiger partial charge in [0.05, 0.1) is 31.9 Å². The number of likely N-dealkylation sites (tertiary alicyclic amines) is 1. The monoisotopic (exact) mass is 462 g/mol. The summed E-state index contributed by atoms with van der Waals surface area (Å²) in [6, 6.07) is 11.9. The van der Waals surface area contributed by atoms with Crippen LogP contribution in [0.1, 0.15) is 30.0 Å². The zero-order valence-electron chi connectivity index (χ0n) is 19.0. The van der Waals surface area contributed by atoms with E-state index in [0.29, 0.717) is 18.1 Å². The predicted molar refractivity (Wildman–Crippen MR) is 126 cm³/mol. The van der Waals surface area contributed by atoms with Crippen LogP contribution >= 0.6 is 0 Å². The van der Waals surface area contributed by atoms with Crippen LogP contribution in [0.2, 0.25) is 0 Å². The number of aromatic nitrogens is 1. The van der Waals surface area contributed by atoms with Gasteiger partial charge in [0.2, 0.25) is 0 Å². The molecule has 0 bridgehead atoms. The van der Waals surface area contributed by atoms with Gasteiger partial charge in [-0.25, -0.2) is 0 Å². The van der Waals surface area contributed by atoms with Gasteiger partial charge in [-0.1, -0.05) is 24.3 Å². The number of nitrogens with one attached hydrogen (secondary N) is 1. The lowest BCUT2D eigenvalue weighted by Gasteiger charge is -2.27. The van der Waals surface area contributed by atoms with Crippen molar-refractivity contribution in [2.24, 2.45) is 0 Å². The number of rotatable bonds is 6. The average Bonchev–Trinajstić information content (AvgIpc) is 3.59. The highest BCUT2D eigenvalue weighted by Gasteiger charge is 2.48. The quantitative estimate of drug-likeness (QED) is 0.328. The van der Waals surface area contributed by atoms with Crippen molar-refractivity contribution >= 4 is 28.4 Å². The number of aliphatic hydroxyl groups excluding tert-OH is 1. The number of methoxy groups -OCH3 is 2. The number of Topliss-reactive ketones (excluding diaryl/α,β-unsaturated/α-hetero) is 1. The number of para-hydroxylation sites is 1. The Morgan fingerprint density at radius 1 is 1.12 bits per heavy atom. The van der Waals surface area contributed by atoms with Crippen molar-refractivity contribution in [3.63, 3.8) is 0 Å². The molecule has 3 heterocycles. The molecule has 0 saturated carbocycles. The number of hydrogen-bond acceptors (Lipinski definition) is 6. The normalized spacial score (nSPS) is 22.0. The molecule has 2 aliphatic heterocycles. The lowest BCUT2D eigenvalue weighted by atomic mass is 9.94. The van der Waals surface area contributed by atoms with Crippen molar-refractivity contribution in [3.05, 3.63) is 65.4 Å². The summed E-state index contributed by atoms with van der Waals surface area (Å²) < 4.78 is 16.7. The van der Waals surface area contributed by atoms with Crippen LogP contribution in [-0.2, 0) is 14.3 Å². The number of benzene rings is 2. The summed E-state index contributed by atoms with van der Waals surface area (Å²) in [5.41, 5.74) is 1.82. The molecule has 0 radical (unpaired) electrons. The van der Waals surface area contributed by atoms with E-state index in [1.54, 1.807) is 24.4 Å². The first-order chi connectivity index (χ1) is 16.5. The molecular formula is C26H26N2O6. The molecule has 2 aromatic carbocycles. The molecule has 2 unspecified atom stereocenters. The van der Waals surface area contributed by atoms with Gasteiger partial charge in [-0.15, -0.1) is 0 Å². The molecule has 1 aromatic heterocycles. The summed E-state index contributed by atoms with van der Waals surface area (Å²) in [6.45, 7) is 0.888. The van der Waals surface area contributed by atoms with Crippen LogP contribution in [0.15, 0.2) is 54.2 Å². The van der Waals surface area contributed by atoms with Crippen LogP contribution in [0.4, 0.5) is 0 Å². The maximum absolute atomic E-state index is 13.4. The van der Waals surface area contributed by atoms with E-state index < -0.39 is 17.7 Å². The number of aliphatic hydroxyl groups is 1. The Labute approximate surface area is 196 Å². The Kier molecular flexibility index (Phi) is 5.75. The topological polar surface area (TPSA) is 101 Å². The number of aromatic amines is 1.